The molecule has 30 heavy (non-hydrogen) atoms. The average molecular weight is 424 g/mol. The number of hydrogen-bond donors (Lipinski definition) is 1. The van der Waals surface area contributed by atoms with Crippen molar-refractivity contribution in [1.29, 1.82) is 0 Å². The van der Waals surface area contributed by atoms with Crippen molar-refractivity contribution >= 4 is 22.9 Å². The van der Waals surface area contributed by atoms with E-state index in [1.54, 1.807) is 11.3 Å². The first-order valence-electron chi connectivity index (χ1n) is 10.2. The van der Waals surface area contributed by atoms with Gasteiger partial charge < -0.3 is 14.3 Å². The largest absolute Gasteiger partial charge is 0.493 e. The molecule has 4 rings (SSSR count). The predicted molar refractivity (Wildman–Crippen MR) is 118 cm³/mol. The lowest BCUT2D eigenvalue weighted by atomic mass is 9.88. The zero-order chi connectivity index (χ0) is 21.1. The molecule has 6 heteroatoms. The molecule has 0 bridgehead atoms. The quantitative estimate of drug-likeness (QED) is 0.493. The fourth-order valence-electron chi connectivity index (χ4n) is 3.81. The number of benzene rings is 1. The number of ether oxygens (including phenoxy) is 1. The van der Waals surface area contributed by atoms with Crippen molar-refractivity contribution < 1.29 is 19.1 Å². The lowest BCUT2D eigenvalue weighted by Crippen LogP contribution is -2.08. The van der Waals surface area contributed by atoms with Crippen LogP contribution in [0, 0.1) is 13.8 Å². The summed E-state index contributed by atoms with van der Waals surface area (Å²) in [5, 5.41) is 11.1. The monoisotopic (exact) mass is 423 g/mol. The van der Waals surface area contributed by atoms with Crippen LogP contribution in [0.3, 0.4) is 0 Å². The van der Waals surface area contributed by atoms with Crippen molar-refractivity contribution in [2.75, 3.05) is 6.61 Å². The molecule has 0 fully saturated rings. The molecule has 1 aromatic carbocycles. The van der Waals surface area contributed by atoms with Crippen LogP contribution in [-0.2, 0) is 17.6 Å². The number of thiophene rings is 1. The second-order valence-corrected chi connectivity index (χ2v) is 8.46. The van der Waals surface area contributed by atoms with Crippen LogP contribution in [0.2, 0.25) is 0 Å². The van der Waals surface area contributed by atoms with Crippen molar-refractivity contribution in [3.05, 3.63) is 63.9 Å². The van der Waals surface area contributed by atoms with Crippen molar-refractivity contribution in [1.82, 2.24) is 4.98 Å². The molecule has 0 saturated heterocycles. The van der Waals surface area contributed by atoms with Crippen LogP contribution in [-0.4, -0.2) is 22.7 Å². The molecule has 0 atom stereocenters. The zero-order valence-corrected chi connectivity index (χ0v) is 18.1. The summed E-state index contributed by atoms with van der Waals surface area (Å²) in [6.07, 6.45) is 5.34. The van der Waals surface area contributed by atoms with Gasteiger partial charge >= 0.3 is 5.97 Å². The second kappa shape index (κ2) is 8.88. The number of fused-ring (bicyclic) bond motifs is 1. The molecular formula is C24H25NO4S. The minimum absolute atomic E-state index is 0.147. The summed E-state index contributed by atoms with van der Waals surface area (Å²) in [7, 11) is 0. The minimum Gasteiger partial charge on any atom is -0.493 e. The highest BCUT2D eigenvalue weighted by Gasteiger charge is 2.18. The Hall–Kier alpha value is -2.86. The molecular weight excluding hydrogens is 398 g/mol. The third-order valence-electron chi connectivity index (χ3n) is 5.30. The molecule has 2 heterocycles. The zero-order valence-electron chi connectivity index (χ0n) is 17.2. The van der Waals surface area contributed by atoms with Gasteiger partial charge in [-0.15, -0.1) is 11.3 Å². The Morgan fingerprint density at radius 3 is 2.93 bits per heavy atom. The molecule has 0 spiro atoms. The molecule has 156 valence electrons. The smallest absolute Gasteiger partial charge is 0.303 e. The number of aliphatic carboxylic acids is 1. The predicted octanol–water partition coefficient (Wildman–Crippen LogP) is 5.84. The van der Waals surface area contributed by atoms with Gasteiger partial charge in [0.1, 0.15) is 11.5 Å². The molecule has 2 aromatic heterocycles. The van der Waals surface area contributed by atoms with Crippen molar-refractivity contribution in [2.24, 2.45) is 0 Å². The Labute approximate surface area is 180 Å². The third-order valence-corrected chi connectivity index (χ3v) is 6.34. The molecule has 0 radical (unpaired) electrons. The van der Waals surface area contributed by atoms with Crippen LogP contribution >= 0.6 is 11.3 Å². The van der Waals surface area contributed by atoms with Gasteiger partial charge in [-0.25, -0.2) is 4.98 Å². The highest BCUT2D eigenvalue weighted by molar-refractivity contribution is 7.13. The maximum absolute atomic E-state index is 11.0. The molecule has 5 nitrogen and oxygen atoms in total. The van der Waals surface area contributed by atoms with E-state index in [2.05, 4.69) is 35.5 Å². The third kappa shape index (κ3) is 4.49. The first-order valence-corrected chi connectivity index (χ1v) is 11.1. The van der Waals surface area contributed by atoms with Crippen molar-refractivity contribution in [2.45, 2.75) is 46.0 Å². The van der Waals surface area contributed by atoms with Crippen LogP contribution in [0.5, 0.6) is 5.75 Å². The van der Waals surface area contributed by atoms with E-state index < -0.39 is 5.97 Å². The molecule has 1 aliphatic rings. The summed E-state index contributed by atoms with van der Waals surface area (Å²) in [6, 6.07) is 8.12. The molecule has 0 aliphatic heterocycles. The lowest BCUT2D eigenvalue weighted by Gasteiger charge is -2.20. The summed E-state index contributed by atoms with van der Waals surface area (Å²) < 4.78 is 12.0. The summed E-state index contributed by atoms with van der Waals surface area (Å²) in [4.78, 5) is 16.7. The molecule has 0 saturated carbocycles. The molecule has 1 N–H and O–H groups in total. The Balaban J connectivity index is 1.43. The number of nitrogens with zero attached hydrogens (tertiary/aromatic N) is 1. The van der Waals surface area contributed by atoms with Gasteiger partial charge in [0.15, 0.2) is 0 Å². The van der Waals surface area contributed by atoms with Gasteiger partial charge in [-0.3, -0.25) is 4.79 Å². The van der Waals surface area contributed by atoms with Crippen LogP contribution in [0.1, 0.15) is 47.4 Å². The Kier molecular flexibility index (Phi) is 6.04. The molecule has 0 amide bonds. The SMILES string of the molecule is Cc1csc(-c2nc(CCOc3cccc4c3CCC=C4CCC(=O)O)c(C)o2)c1. The molecule has 1 aliphatic carbocycles. The number of rotatable bonds is 8. The van der Waals surface area contributed by atoms with Gasteiger partial charge in [-0.1, -0.05) is 18.2 Å². The number of aromatic nitrogens is 1. The molecule has 3 aromatic rings. The summed E-state index contributed by atoms with van der Waals surface area (Å²) in [6.45, 7) is 4.52. The highest BCUT2D eigenvalue weighted by Crippen LogP contribution is 2.35. The maximum Gasteiger partial charge on any atom is 0.303 e. The Morgan fingerprint density at radius 1 is 1.30 bits per heavy atom. The van der Waals surface area contributed by atoms with E-state index >= 15 is 0 Å². The summed E-state index contributed by atoms with van der Waals surface area (Å²) in [5.74, 6) is 1.61. The van der Waals surface area contributed by atoms with E-state index in [0.29, 0.717) is 25.3 Å². The van der Waals surface area contributed by atoms with Gasteiger partial charge in [-0.2, -0.15) is 0 Å². The van der Waals surface area contributed by atoms with Gasteiger partial charge in [0.2, 0.25) is 5.89 Å². The van der Waals surface area contributed by atoms with Crippen molar-refractivity contribution in [3.8, 4) is 16.5 Å². The minimum atomic E-state index is -0.768. The standard InChI is InChI=1S/C24H25NO4S/c1-15-13-22(30-14-15)24-25-20(16(2)29-24)11-12-28-21-8-4-6-18-17(9-10-23(26)27)5-3-7-19(18)21/h4-6,8,13-14H,3,7,9-12H2,1-2H3,(H,26,27). The van der Waals surface area contributed by atoms with Crippen LogP contribution in [0.15, 0.2) is 40.1 Å². The number of carboxylic acid groups (broad SMARTS) is 1. The van der Waals surface area contributed by atoms with Crippen LogP contribution in [0.4, 0.5) is 0 Å². The number of allylic oxidation sites excluding steroid dienone is 2. The first kappa shape index (κ1) is 20.4. The first-order chi connectivity index (χ1) is 14.5. The number of oxazole rings is 1. The van der Waals surface area contributed by atoms with Crippen LogP contribution < -0.4 is 4.74 Å². The number of carbonyl (C=O) groups is 1. The second-order valence-electron chi connectivity index (χ2n) is 7.55. The van der Waals surface area contributed by atoms with E-state index in [4.69, 9.17) is 14.3 Å². The van der Waals surface area contributed by atoms with E-state index in [0.717, 1.165) is 46.1 Å². The average Bonchev–Trinajstić information content (AvgIpc) is 3.32. The van der Waals surface area contributed by atoms with Crippen LogP contribution in [0.25, 0.3) is 16.3 Å². The number of aryl methyl sites for hydroxylation is 2. The molecule has 0 unspecified atom stereocenters. The fraction of sp³-hybridized carbons (Fsp3) is 0.333. The normalized spacial score (nSPS) is 13.1. The van der Waals surface area contributed by atoms with E-state index in [-0.39, 0.29) is 6.42 Å². The van der Waals surface area contributed by atoms with Gasteiger partial charge in [0, 0.05) is 18.4 Å². The van der Waals surface area contributed by atoms with E-state index in [1.165, 1.54) is 11.1 Å². The maximum atomic E-state index is 11.0. The topological polar surface area (TPSA) is 72.6 Å². The van der Waals surface area contributed by atoms with Gasteiger partial charge in [0.25, 0.3) is 0 Å². The fourth-order valence-corrected chi connectivity index (χ4v) is 4.63. The summed E-state index contributed by atoms with van der Waals surface area (Å²) >= 11 is 1.64. The highest BCUT2D eigenvalue weighted by atomic mass is 32.1. The Morgan fingerprint density at radius 2 is 2.17 bits per heavy atom. The van der Waals surface area contributed by atoms with E-state index in [9.17, 15) is 4.79 Å². The Bertz CT molecular complexity index is 1090. The summed E-state index contributed by atoms with van der Waals surface area (Å²) in [5.41, 5.74) is 5.52. The number of hydrogen-bond acceptors (Lipinski definition) is 5. The van der Waals surface area contributed by atoms with Crippen molar-refractivity contribution in [3.63, 3.8) is 0 Å². The lowest BCUT2D eigenvalue weighted by molar-refractivity contribution is -0.136. The van der Waals surface area contributed by atoms with E-state index in [1.807, 2.05) is 19.1 Å². The number of carboxylic acids is 1. The van der Waals surface area contributed by atoms with Gasteiger partial charge in [0.05, 0.1) is 17.2 Å². The van der Waals surface area contributed by atoms with Gasteiger partial charge in [-0.05, 0) is 67.3 Å².